The number of thiazole rings is 1. The van der Waals surface area contributed by atoms with Crippen molar-refractivity contribution in [3.8, 4) is 11.3 Å². The molecule has 0 spiro atoms. The second kappa shape index (κ2) is 7.16. The maximum atomic E-state index is 12.9. The van der Waals surface area contributed by atoms with Crippen LogP contribution in [0.3, 0.4) is 0 Å². The highest BCUT2D eigenvalue weighted by Crippen LogP contribution is 2.21. The van der Waals surface area contributed by atoms with Crippen molar-refractivity contribution in [2.45, 2.75) is 11.3 Å². The van der Waals surface area contributed by atoms with Gasteiger partial charge in [0.05, 0.1) is 15.6 Å². The summed E-state index contributed by atoms with van der Waals surface area (Å²) in [5.41, 5.74) is 1.75. The largest absolute Gasteiger partial charge is 0.264 e. The zero-order chi connectivity index (χ0) is 17.0. The summed E-state index contributed by atoms with van der Waals surface area (Å²) in [6, 6.07) is 8.47. The Hall–Kier alpha value is -2.16. The quantitative estimate of drug-likeness (QED) is 0.731. The molecule has 2 heterocycles. The number of halogens is 1. The molecule has 0 saturated heterocycles. The standard InChI is InChI=1S/C16H14FN3O2S2/c17-13-3-5-14(6-4-13)24(21,22)19-9-7-16-20-15(11-23-16)12-2-1-8-18-10-12/h1-6,8,10-11,19H,7,9H2. The predicted molar refractivity (Wildman–Crippen MR) is 90.6 cm³/mol. The molecule has 0 aliphatic heterocycles. The molecule has 0 aliphatic carbocycles. The van der Waals surface area contributed by atoms with E-state index in [0.29, 0.717) is 6.42 Å². The molecular weight excluding hydrogens is 349 g/mol. The van der Waals surface area contributed by atoms with Crippen LogP contribution in [0.2, 0.25) is 0 Å². The molecule has 124 valence electrons. The smallest absolute Gasteiger partial charge is 0.240 e. The van der Waals surface area contributed by atoms with Crippen LogP contribution in [0.25, 0.3) is 11.3 Å². The minimum absolute atomic E-state index is 0.0408. The summed E-state index contributed by atoms with van der Waals surface area (Å²) in [7, 11) is -3.64. The van der Waals surface area contributed by atoms with Crippen LogP contribution in [-0.2, 0) is 16.4 Å². The van der Waals surface area contributed by atoms with Gasteiger partial charge in [0.1, 0.15) is 5.82 Å². The van der Waals surface area contributed by atoms with Gasteiger partial charge in [0.15, 0.2) is 0 Å². The van der Waals surface area contributed by atoms with Gasteiger partial charge < -0.3 is 0 Å². The molecule has 5 nitrogen and oxygen atoms in total. The van der Waals surface area contributed by atoms with Crippen LogP contribution in [0.1, 0.15) is 5.01 Å². The van der Waals surface area contributed by atoms with E-state index in [-0.39, 0.29) is 11.4 Å². The van der Waals surface area contributed by atoms with Crippen molar-refractivity contribution in [1.29, 1.82) is 0 Å². The predicted octanol–water partition coefficient (Wildman–Crippen LogP) is 2.87. The molecule has 0 saturated carbocycles. The second-order valence-electron chi connectivity index (χ2n) is 4.97. The highest BCUT2D eigenvalue weighted by atomic mass is 32.2. The van der Waals surface area contributed by atoms with Crippen molar-refractivity contribution >= 4 is 21.4 Å². The molecule has 8 heteroatoms. The lowest BCUT2D eigenvalue weighted by Crippen LogP contribution is -2.25. The lowest BCUT2D eigenvalue weighted by Gasteiger charge is -2.05. The first-order valence-corrected chi connectivity index (χ1v) is 9.51. The van der Waals surface area contributed by atoms with E-state index >= 15 is 0 Å². The van der Waals surface area contributed by atoms with Crippen molar-refractivity contribution < 1.29 is 12.8 Å². The maximum absolute atomic E-state index is 12.9. The lowest BCUT2D eigenvalue weighted by atomic mass is 10.2. The van der Waals surface area contributed by atoms with Crippen LogP contribution in [0, 0.1) is 5.82 Å². The molecule has 3 rings (SSSR count). The monoisotopic (exact) mass is 363 g/mol. The van der Waals surface area contributed by atoms with Crippen molar-refractivity contribution in [3.05, 3.63) is 65.0 Å². The Morgan fingerprint density at radius 3 is 2.67 bits per heavy atom. The average molecular weight is 363 g/mol. The fourth-order valence-electron chi connectivity index (χ4n) is 2.06. The number of hydrogen-bond acceptors (Lipinski definition) is 5. The van der Waals surface area contributed by atoms with Gasteiger partial charge in [-0.2, -0.15) is 0 Å². The van der Waals surface area contributed by atoms with E-state index in [4.69, 9.17) is 0 Å². The summed E-state index contributed by atoms with van der Waals surface area (Å²) < 4.78 is 39.6. The van der Waals surface area contributed by atoms with Gasteiger partial charge in [-0.15, -0.1) is 11.3 Å². The van der Waals surface area contributed by atoms with Gasteiger partial charge in [-0.1, -0.05) is 0 Å². The third kappa shape index (κ3) is 4.02. The zero-order valence-corrected chi connectivity index (χ0v) is 14.1. The summed E-state index contributed by atoms with van der Waals surface area (Å²) in [6.07, 6.45) is 3.91. The van der Waals surface area contributed by atoms with E-state index in [9.17, 15) is 12.8 Å². The Balaban J connectivity index is 1.60. The molecule has 0 fully saturated rings. The summed E-state index contributed by atoms with van der Waals surface area (Å²) >= 11 is 1.47. The van der Waals surface area contributed by atoms with E-state index in [1.807, 2.05) is 17.5 Å². The third-order valence-corrected chi connectivity index (χ3v) is 5.65. The first-order valence-electron chi connectivity index (χ1n) is 7.15. The van der Waals surface area contributed by atoms with E-state index in [2.05, 4.69) is 14.7 Å². The van der Waals surface area contributed by atoms with Gasteiger partial charge in [-0.3, -0.25) is 4.98 Å². The number of rotatable bonds is 6. The highest BCUT2D eigenvalue weighted by molar-refractivity contribution is 7.89. The van der Waals surface area contributed by atoms with Gasteiger partial charge in [0.25, 0.3) is 0 Å². The molecular formula is C16H14FN3O2S2. The summed E-state index contributed by atoms with van der Waals surface area (Å²) in [6.45, 7) is 0.222. The van der Waals surface area contributed by atoms with Gasteiger partial charge in [-0.05, 0) is 36.4 Å². The molecule has 2 aromatic heterocycles. The minimum atomic E-state index is -3.64. The van der Waals surface area contributed by atoms with Crippen molar-refractivity contribution in [2.24, 2.45) is 0 Å². The van der Waals surface area contributed by atoms with Gasteiger partial charge in [-0.25, -0.2) is 22.5 Å². The Kier molecular flexibility index (Phi) is 4.98. The summed E-state index contributed by atoms with van der Waals surface area (Å²) in [4.78, 5) is 8.57. The van der Waals surface area contributed by atoms with Gasteiger partial charge in [0.2, 0.25) is 10.0 Å². The first kappa shape index (κ1) is 16.7. The van der Waals surface area contributed by atoms with E-state index < -0.39 is 15.8 Å². The number of hydrogen-bond donors (Lipinski definition) is 1. The number of sulfonamides is 1. The first-order chi connectivity index (χ1) is 11.5. The molecule has 0 bridgehead atoms. The van der Waals surface area contributed by atoms with Crippen molar-refractivity contribution in [3.63, 3.8) is 0 Å². The van der Waals surface area contributed by atoms with Crippen molar-refractivity contribution in [2.75, 3.05) is 6.54 Å². The second-order valence-corrected chi connectivity index (χ2v) is 7.68. The number of pyridine rings is 1. The highest BCUT2D eigenvalue weighted by Gasteiger charge is 2.13. The summed E-state index contributed by atoms with van der Waals surface area (Å²) in [5, 5.41) is 2.75. The lowest BCUT2D eigenvalue weighted by molar-refractivity contribution is 0.580. The number of benzene rings is 1. The van der Waals surface area contributed by atoms with Crippen molar-refractivity contribution in [1.82, 2.24) is 14.7 Å². The SMILES string of the molecule is O=S(=O)(NCCc1nc(-c2cccnc2)cs1)c1ccc(F)cc1. The molecule has 0 aliphatic rings. The van der Waals surface area contributed by atoms with Crippen LogP contribution < -0.4 is 4.72 Å². The molecule has 1 aromatic carbocycles. The fraction of sp³-hybridized carbons (Fsp3) is 0.125. The molecule has 3 aromatic rings. The Bertz CT molecular complexity index is 910. The molecule has 1 N–H and O–H groups in total. The van der Waals surface area contributed by atoms with Crippen LogP contribution in [0.4, 0.5) is 4.39 Å². The van der Waals surface area contributed by atoms with Crippen LogP contribution in [0.15, 0.2) is 59.1 Å². The van der Waals surface area contributed by atoms with Gasteiger partial charge in [0, 0.05) is 36.3 Å². The normalized spacial score (nSPS) is 11.5. The van der Waals surface area contributed by atoms with Crippen LogP contribution >= 0.6 is 11.3 Å². The third-order valence-electron chi connectivity index (χ3n) is 3.26. The average Bonchev–Trinajstić information content (AvgIpc) is 3.05. The van der Waals surface area contributed by atoms with E-state index in [1.54, 1.807) is 12.4 Å². The minimum Gasteiger partial charge on any atom is -0.264 e. The Morgan fingerprint density at radius 2 is 1.96 bits per heavy atom. The Morgan fingerprint density at radius 1 is 1.17 bits per heavy atom. The van der Waals surface area contributed by atoms with Crippen LogP contribution in [-0.4, -0.2) is 24.9 Å². The number of nitrogens with zero attached hydrogens (tertiary/aromatic N) is 2. The molecule has 0 amide bonds. The summed E-state index contributed by atoms with van der Waals surface area (Å²) in [5.74, 6) is -0.473. The van der Waals surface area contributed by atoms with E-state index in [0.717, 1.165) is 28.4 Å². The number of aromatic nitrogens is 2. The molecule has 0 radical (unpaired) electrons. The van der Waals surface area contributed by atoms with Crippen LogP contribution in [0.5, 0.6) is 0 Å². The maximum Gasteiger partial charge on any atom is 0.240 e. The zero-order valence-electron chi connectivity index (χ0n) is 12.5. The molecule has 0 unspecified atom stereocenters. The molecule has 24 heavy (non-hydrogen) atoms. The fourth-order valence-corrected chi connectivity index (χ4v) is 3.90. The Labute approximate surface area is 143 Å². The van der Waals surface area contributed by atoms with E-state index in [1.165, 1.54) is 23.5 Å². The molecule has 0 atom stereocenters. The topological polar surface area (TPSA) is 72.0 Å². The number of nitrogens with one attached hydrogen (secondary N) is 1. The van der Waals surface area contributed by atoms with Gasteiger partial charge >= 0.3 is 0 Å².